The van der Waals surface area contributed by atoms with Crippen LogP contribution in [0.2, 0.25) is 0 Å². The minimum atomic E-state index is -0.796. The Kier molecular flexibility index (Phi) is 3.27. The summed E-state index contributed by atoms with van der Waals surface area (Å²) in [5.41, 5.74) is 1.79. The van der Waals surface area contributed by atoms with Gasteiger partial charge in [-0.1, -0.05) is 12.1 Å². The Hall–Kier alpha value is -2.17. The van der Waals surface area contributed by atoms with Crippen LogP contribution < -0.4 is 5.43 Å². The maximum absolute atomic E-state index is 12.6. The predicted molar refractivity (Wildman–Crippen MR) is 81.3 cm³/mol. The Balaban J connectivity index is 2.52. The molecule has 0 fully saturated rings. The quantitative estimate of drug-likeness (QED) is 0.709. The van der Waals surface area contributed by atoms with Gasteiger partial charge >= 0.3 is 0 Å². The monoisotopic (exact) mass is 284 g/mol. The molecule has 1 aromatic heterocycles. The summed E-state index contributed by atoms with van der Waals surface area (Å²) < 4.78 is 5.81. The number of hydrogen-bond acceptors (Lipinski definition) is 4. The van der Waals surface area contributed by atoms with E-state index in [2.05, 4.69) is 0 Å². The smallest absolute Gasteiger partial charge is 0.200 e. The molecule has 1 heterocycles. The molecule has 0 aliphatic rings. The molecule has 2 atom stereocenters. The van der Waals surface area contributed by atoms with Gasteiger partial charge < -0.3 is 14.6 Å². The molecular formula is C17H16O4. The first-order valence-corrected chi connectivity index (χ1v) is 6.84. The highest BCUT2D eigenvalue weighted by Gasteiger charge is 2.17. The molecule has 0 amide bonds. The van der Waals surface area contributed by atoms with Crippen LogP contribution in [-0.4, -0.2) is 10.2 Å². The number of rotatable bonds is 2. The Morgan fingerprint density at radius 2 is 1.71 bits per heavy atom. The average Bonchev–Trinajstić information content (AvgIpc) is 2.46. The van der Waals surface area contributed by atoms with Crippen molar-refractivity contribution < 1.29 is 14.6 Å². The number of para-hydroxylation sites is 1. The number of hydrogen-bond donors (Lipinski definition) is 2. The van der Waals surface area contributed by atoms with Gasteiger partial charge in [-0.05, 0) is 43.7 Å². The van der Waals surface area contributed by atoms with Crippen LogP contribution in [0.25, 0.3) is 21.9 Å². The van der Waals surface area contributed by atoms with E-state index in [9.17, 15) is 15.0 Å². The largest absolute Gasteiger partial charge is 0.455 e. The first-order chi connectivity index (χ1) is 9.99. The molecule has 108 valence electrons. The fourth-order valence-corrected chi connectivity index (χ4v) is 2.51. The second kappa shape index (κ2) is 4.98. The molecule has 0 aliphatic carbocycles. The lowest BCUT2D eigenvalue weighted by atomic mass is 9.99. The average molecular weight is 284 g/mol. The summed E-state index contributed by atoms with van der Waals surface area (Å²) in [6, 6.07) is 10.3. The van der Waals surface area contributed by atoms with Crippen molar-refractivity contribution in [3.63, 3.8) is 0 Å². The molecule has 21 heavy (non-hydrogen) atoms. The fourth-order valence-electron chi connectivity index (χ4n) is 2.51. The summed E-state index contributed by atoms with van der Waals surface area (Å²) in [5.74, 6) is 0. The number of aliphatic hydroxyl groups is 2. The van der Waals surface area contributed by atoms with E-state index < -0.39 is 12.2 Å². The number of fused-ring (bicyclic) bond motifs is 2. The summed E-state index contributed by atoms with van der Waals surface area (Å²) in [6.45, 7) is 3.23. The van der Waals surface area contributed by atoms with Crippen molar-refractivity contribution in [3.05, 3.63) is 57.7 Å². The first kappa shape index (κ1) is 13.8. The van der Waals surface area contributed by atoms with Crippen LogP contribution in [0.1, 0.15) is 37.2 Å². The van der Waals surface area contributed by atoms with Crippen molar-refractivity contribution in [1.82, 2.24) is 0 Å². The van der Waals surface area contributed by atoms with E-state index in [0.29, 0.717) is 33.1 Å². The van der Waals surface area contributed by atoms with Gasteiger partial charge in [-0.15, -0.1) is 0 Å². The lowest BCUT2D eigenvalue weighted by Crippen LogP contribution is -2.07. The van der Waals surface area contributed by atoms with E-state index in [4.69, 9.17) is 4.42 Å². The van der Waals surface area contributed by atoms with Crippen LogP contribution in [0.4, 0.5) is 0 Å². The van der Waals surface area contributed by atoms with Gasteiger partial charge in [-0.3, -0.25) is 4.79 Å². The third-order valence-electron chi connectivity index (χ3n) is 3.66. The van der Waals surface area contributed by atoms with Crippen molar-refractivity contribution in [2.24, 2.45) is 0 Å². The van der Waals surface area contributed by atoms with Crippen LogP contribution in [0.15, 0.2) is 45.6 Å². The molecule has 0 spiro atoms. The highest BCUT2D eigenvalue weighted by atomic mass is 16.3. The molecule has 0 bridgehead atoms. The molecule has 0 radical (unpaired) electrons. The van der Waals surface area contributed by atoms with Gasteiger partial charge in [0.05, 0.1) is 23.0 Å². The van der Waals surface area contributed by atoms with Crippen LogP contribution in [0.5, 0.6) is 0 Å². The second-order valence-corrected chi connectivity index (χ2v) is 5.27. The van der Waals surface area contributed by atoms with Crippen molar-refractivity contribution in [3.8, 4) is 0 Å². The van der Waals surface area contributed by atoms with E-state index in [-0.39, 0.29) is 5.43 Å². The zero-order chi connectivity index (χ0) is 15.1. The molecule has 0 saturated heterocycles. The van der Waals surface area contributed by atoms with Crippen LogP contribution in [0, 0.1) is 0 Å². The fraction of sp³-hybridized carbons (Fsp3) is 0.235. The third-order valence-corrected chi connectivity index (χ3v) is 3.66. The summed E-state index contributed by atoms with van der Waals surface area (Å²) >= 11 is 0. The number of benzene rings is 2. The third kappa shape index (κ3) is 2.22. The minimum Gasteiger partial charge on any atom is -0.455 e. The van der Waals surface area contributed by atoms with E-state index in [1.165, 1.54) is 0 Å². The highest BCUT2D eigenvalue weighted by Crippen LogP contribution is 2.29. The van der Waals surface area contributed by atoms with Crippen LogP contribution in [-0.2, 0) is 0 Å². The van der Waals surface area contributed by atoms with E-state index in [0.717, 1.165) is 0 Å². The topological polar surface area (TPSA) is 70.7 Å². The molecule has 0 saturated carbocycles. The first-order valence-electron chi connectivity index (χ1n) is 6.84. The van der Waals surface area contributed by atoms with Crippen LogP contribution >= 0.6 is 0 Å². The standard InChI is InChI=1S/C17H16O4/c1-9(18)11-7-13(10(2)19)17-14(8-11)16(20)12-5-3-4-6-15(12)21-17/h3-10,18-19H,1-2H3. The summed E-state index contributed by atoms with van der Waals surface area (Å²) in [4.78, 5) is 12.6. The van der Waals surface area contributed by atoms with E-state index >= 15 is 0 Å². The minimum absolute atomic E-state index is 0.156. The normalized spacial score (nSPS) is 14.5. The molecule has 4 heteroatoms. The molecule has 2 unspecified atom stereocenters. The Bertz CT molecular complexity index is 875. The lowest BCUT2D eigenvalue weighted by Gasteiger charge is -2.13. The zero-order valence-corrected chi connectivity index (χ0v) is 11.8. The summed E-state index contributed by atoms with van der Waals surface area (Å²) in [6.07, 6.45) is -1.52. The SMILES string of the molecule is CC(O)c1cc(C(C)O)c2oc3ccccc3c(=O)c2c1. The Morgan fingerprint density at radius 3 is 2.38 bits per heavy atom. The van der Waals surface area contributed by atoms with Gasteiger partial charge in [0.15, 0.2) is 0 Å². The van der Waals surface area contributed by atoms with Gasteiger partial charge in [-0.2, -0.15) is 0 Å². The summed E-state index contributed by atoms with van der Waals surface area (Å²) in [5, 5.41) is 20.6. The van der Waals surface area contributed by atoms with Crippen molar-refractivity contribution in [1.29, 1.82) is 0 Å². The molecule has 4 nitrogen and oxygen atoms in total. The van der Waals surface area contributed by atoms with Crippen molar-refractivity contribution >= 4 is 21.9 Å². The Morgan fingerprint density at radius 1 is 1.00 bits per heavy atom. The lowest BCUT2D eigenvalue weighted by molar-refractivity contribution is 0.193. The van der Waals surface area contributed by atoms with Gasteiger partial charge in [-0.25, -0.2) is 0 Å². The maximum atomic E-state index is 12.6. The van der Waals surface area contributed by atoms with E-state index in [1.807, 2.05) is 0 Å². The van der Waals surface area contributed by atoms with Gasteiger partial charge in [0.1, 0.15) is 11.2 Å². The molecule has 3 aromatic rings. The van der Waals surface area contributed by atoms with Gasteiger partial charge in [0.25, 0.3) is 0 Å². The van der Waals surface area contributed by atoms with E-state index in [1.54, 1.807) is 50.2 Å². The zero-order valence-electron chi connectivity index (χ0n) is 11.8. The van der Waals surface area contributed by atoms with Crippen LogP contribution in [0.3, 0.4) is 0 Å². The highest BCUT2D eigenvalue weighted by molar-refractivity contribution is 5.91. The second-order valence-electron chi connectivity index (χ2n) is 5.27. The van der Waals surface area contributed by atoms with Crippen molar-refractivity contribution in [2.75, 3.05) is 0 Å². The molecule has 2 aromatic carbocycles. The maximum Gasteiger partial charge on any atom is 0.200 e. The molecule has 3 rings (SSSR count). The Labute approximate surface area is 121 Å². The van der Waals surface area contributed by atoms with Gasteiger partial charge in [0.2, 0.25) is 5.43 Å². The molecule has 2 N–H and O–H groups in total. The molecular weight excluding hydrogens is 268 g/mol. The van der Waals surface area contributed by atoms with Gasteiger partial charge in [0, 0.05) is 5.56 Å². The number of aliphatic hydroxyl groups excluding tert-OH is 2. The van der Waals surface area contributed by atoms with Crippen molar-refractivity contribution in [2.45, 2.75) is 26.1 Å². The predicted octanol–water partition coefficient (Wildman–Crippen LogP) is 3.05. The summed E-state index contributed by atoms with van der Waals surface area (Å²) in [7, 11) is 0. The molecule has 0 aliphatic heterocycles.